The molecule has 22 heavy (non-hydrogen) atoms. The number of carbonyl (C=O) groups is 1. The monoisotopic (exact) mass is 322 g/mol. The second-order valence-corrected chi connectivity index (χ2v) is 6.17. The third-order valence-corrected chi connectivity index (χ3v) is 4.56. The van der Waals surface area contributed by atoms with Crippen LogP contribution in [0.5, 0.6) is 0 Å². The van der Waals surface area contributed by atoms with Gasteiger partial charge in [0.25, 0.3) is 5.91 Å². The summed E-state index contributed by atoms with van der Waals surface area (Å²) in [6, 6.07) is 6.11. The lowest BCUT2D eigenvalue weighted by molar-refractivity contribution is 0.0603. The Morgan fingerprint density at radius 2 is 2.05 bits per heavy atom. The van der Waals surface area contributed by atoms with Crippen molar-refractivity contribution in [1.82, 2.24) is 9.88 Å². The van der Waals surface area contributed by atoms with Crippen LogP contribution in [-0.2, 0) is 4.74 Å². The summed E-state index contributed by atoms with van der Waals surface area (Å²) in [5.74, 6) is -0.367. The summed E-state index contributed by atoms with van der Waals surface area (Å²) in [4.78, 5) is 19.2. The Morgan fingerprint density at radius 3 is 2.64 bits per heavy atom. The van der Waals surface area contributed by atoms with Crippen LogP contribution < -0.4 is 0 Å². The smallest absolute Gasteiger partial charge is 0.265 e. The van der Waals surface area contributed by atoms with Crippen molar-refractivity contribution in [2.45, 2.75) is 20.0 Å². The molecule has 1 aromatic heterocycles. The molecule has 0 radical (unpaired) electrons. The number of likely N-dealkylation sites (N-methyl/N-ethyl adjacent to an activating group) is 1. The molecule has 1 atom stereocenters. The van der Waals surface area contributed by atoms with E-state index in [-0.39, 0.29) is 17.8 Å². The van der Waals surface area contributed by atoms with Gasteiger partial charge in [-0.1, -0.05) is 0 Å². The van der Waals surface area contributed by atoms with Gasteiger partial charge >= 0.3 is 0 Å². The van der Waals surface area contributed by atoms with E-state index >= 15 is 0 Å². The Morgan fingerprint density at radius 1 is 1.41 bits per heavy atom. The van der Waals surface area contributed by atoms with E-state index in [0.717, 1.165) is 5.56 Å². The summed E-state index contributed by atoms with van der Waals surface area (Å²) < 4.78 is 18.2. The van der Waals surface area contributed by atoms with E-state index < -0.39 is 0 Å². The summed E-state index contributed by atoms with van der Waals surface area (Å²) in [5, 5.41) is 0.717. The zero-order valence-corrected chi connectivity index (χ0v) is 13.9. The van der Waals surface area contributed by atoms with E-state index in [1.807, 2.05) is 13.8 Å². The van der Waals surface area contributed by atoms with Gasteiger partial charge in [0.05, 0.1) is 11.8 Å². The number of aromatic nitrogens is 1. The third-order valence-electron chi connectivity index (χ3n) is 3.36. The molecule has 2 rings (SSSR count). The molecule has 0 unspecified atom stereocenters. The van der Waals surface area contributed by atoms with Gasteiger partial charge in [-0.05, 0) is 38.1 Å². The van der Waals surface area contributed by atoms with Crippen LogP contribution in [0.4, 0.5) is 4.39 Å². The van der Waals surface area contributed by atoms with Crippen molar-refractivity contribution in [2.75, 3.05) is 20.7 Å². The predicted molar refractivity (Wildman–Crippen MR) is 85.7 cm³/mol. The highest BCUT2D eigenvalue weighted by atomic mass is 32.1. The zero-order valence-electron chi connectivity index (χ0n) is 13.1. The second-order valence-electron chi connectivity index (χ2n) is 5.17. The quantitative estimate of drug-likeness (QED) is 0.847. The summed E-state index contributed by atoms with van der Waals surface area (Å²) in [7, 11) is 3.36. The lowest BCUT2D eigenvalue weighted by Crippen LogP contribution is -2.33. The van der Waals surface area contributed by atoms with E-state index in [1.54, 1.807) is 31.2 Å². The topological polar surface area (TPSA) is 42.4 Å². The Bertz CT molecular complexity index is 655. The molecule has 0 N–H and O–H groups in total. The largest absolute Gasteiger partial charge is 0.380 e. The van der Waals surface area contributed by atoms with Crippen molar-refractivity contribution in [1.29, 1.82) is 0 Å². The van der Waals surface area contributed by atoms with Gasteiger partial charge in [-0.25, -0.2) is 9.37 Å². The molecule has 0 bridgehead atoms. The number of hydrogen-bond acceptors (Lipinski definition) is 4. The van der Waals surface area contributed by atoms with Gasteiger partial charge in [-0.15, -0.1) is 11.3 Å². The number of thiazole rings is 1. The fourth-order valence-electron chi connectivity index (χ4n) is 2.03. The highest BCUT2D eigenvalue weighted by Crippen LogP contribution is 2.28. The molecular formula is C16H19FN2O2S. The molecule has 0 aliphatic heterocycles. The normalized spacial score (nSPS) is 12.2. The van der Waals surface area contributed by atoms with Crippen molar-refractivity contribution in [3.8, 4) is 10.6 Å². The van der Waals surface area contributed by atoms with Crippen LogP contribution in [0.3, 0.4) is 0 Å². The molecule has 1 amide bonds. The standard InChI is InChI=1S/C16H19FN2O2S/c1-10(21-4)9-19(3)16(20)14-11(2)18-15(22-14)12-5-7-13(17)8-6-12/h5-8,10H,9H2,1-4H3/t10-/m0/s1. The van der Waals surface area contributed by atoms with Gasteiger partial charge in [-0.2, -0.15) is 0 Å². The van der Waals surface area contributed by atoms with Gasteiger partial charge in [0.1, 0.15) is 15.7 Å². The van der Waals surface area contributed by atoms with Crippen LogP contribution in [0.2, 0.25) is 0 Å². The average molecular weight is 322 g/mol. The molecule has 0 saturated heterocycles. The predicted octanol–water partition coefficient (Wildman–Crippen LogP) is 3.36. The maximum atomic E-state index is 13.0. The lowest BCUT2D eigenvalue weighted by atomic mass is 10.2. The molecule has 6 heteroatoms. The molecule has 4 nitrogen and oxygen atoms in total. The highest BCUT2D eigenvalue weighted by Gasteiger charge is 2.20. The molecule has 2 aromatic rings. The van der Waals surface area contributed by atoms with E-state index in [4.69, 9.17) is 4.74 Å². The molecule has 1 heterocycles. The number of aryl methyl sites for hydroxylation is 1. The first-order valence-electron chi connectivity index (χ1n) is 6.94. The molecule has 0 spiro atoms. The molecule has 0 saturated carbocycles. The Hall–Kier alpha value is -1.79. The summed E-state index contributed by atoms with van der Waals surface area (Å²) in [6.07, 6.45) is -0.0289. The van der Waals surface area contributed by atoms with Crippen molar-refractivity contribution < 1.29 is 13.9 Å². The van der Waals surface area contributed by atoms with Gasteiger partial charge in [0.2, 0.25) is 0 Å². The molecule has 0 aliphatic rings. The average Bonchev–Trinajstić information content (AvgIpc) is 2.88. The first-order chi connectivity index (χ1) is 10.4. The Balaban J connectivity index is 2.22. The van der Waals surface area contributed by atoms with Crippen LogP contribution in [0.25, 0.3) is 10.6 Å². The van der Waals surface area contributed by atoms with Crippen molar-refractivity contribution >= 4 is 17.2 Å². The first-order valence-corrected chi connectivity index (χ1v) is 7.75. The minimum Gasteiger partial charge on any atom is -0.380 e. The van der Waals surface area contributed by atoms with Crippen molar-refractivity contribution in [3.05, 3.63) is 40.7 Å². The maximum Gasteiger partial charge on any atom is 0.265 e. The number of ether oxygens (including phenoxy) is 1. The fourth-order valence-corrected chi connectivity index (χ4v) is 3.09. The van der Waals surface area contributed by atoms with Crippen LogP contribution in [0.1, 0.15) is 22.3 Å². The summed E-state index contributed by atoms with van der Waals surface area (Å²) in [5.41, 5.74) is 1.49. The third kappa shape index (κ3) is 3.69. The van der Waals surface area contributed by atoms with Crippen LogP contribution >= 0.6 is 11.3 Å². The van der Waals surface area contributed by atoms with E-state index in [0.29, 0.717) is 22.1 Å². The van der Waals surface area contributed by atoms with Gasteiger partial charge in [0.15, 0.2) is 0 Å². The molecule has 118 valence electrons. The lowest BCUT2D eigenvalue weighted by Gasteiger charge is -2.20. The Kier molecular flexibility index (Phi) is 5.26. The van der Waals surface area contributed by atoms with E-state index in [2.05, 4.69) is 4.98 Å². The number of benzene rings is 1. The maximum absolute atomic E-state index is 13.0. The minimum absolute atomic E-state index is 0.0289. The molecule has 1 aromatic carbocycles. The number of nitrogens with zero attached hydrogens (tertiary/aromatic N) is 2. The second kappa shape index (κ2) is 6.98. The van der Waals surface area contributed by atoms with Gasteiger partial charge in [0, 0.05) is 26.3 Å². The zero-order chi connectivity index (χ0) is 16.3. The number of rotatable bonds is 5. The number of carbonyl (C=O) groups excluding carboxylic acids is 1. The number of halogens is 1. The van der Waals surface area contributed by atoms with E-state index in [1.165, 1.54) is 23.5 Å². The number of amides is 1. The first kappa shape index (κ1) is 16.6. The van der Waals surface area contributed by atoms with E-state index in [9.17, 15) is 9.18 Å². The van der Waals surface area contributed by atoms with Gasteiger partial charge in [-0.3, -0.25) is 4.79 Å². The minimum atomic E-state index is -0.290. The Labute approximate surface area is 133 Å². The van der Waals surface area contributed by atoms with Crippen LogP contribution in [0, 0.1) is 12.7 Å². The molecule has 0 aliphatic carbocycles. The van der Waals surface area contributed by atoms with Crippen molar-refractivity contribution in [3.63, 3.8) is 0 Å². The summed E-state index contributed by atoms with van der Waals surface area (Å²) in [6.45, 7) is 4.23. The van der Waals surface area contributed by atoms with Crippen molar-refractivity contribution in [2.24, 2.45) is 0 Å². The highest BCUT2D eigenvalue weighted by molar-refractivity contribution is 7.17. The number of hydrogen-bond donors (Lipinski definition) is 0. The fraction of sp³-hybridized carbons (Fsp3) is 0.375. The SMILES string of the molecule is CO[C@@H](C)CN(C)C(=O)c1sc(-c2ccc(F)cc2)nc1C. The van der Waals surface area contributed by atoms with Gasteiger partial charge < -0.3 is 9.64 Å². The van der Waals surface area contributed by atoms with Crippen LogP contribution in [-0.4, -0.2) is 42.6 Å². The van der Waals surface area contributed by atoms with Crippen LogP contribution in [0.15, 0.2) is 24.3 Å². The molecular weight excluding hydrogens is 303 g/mol. The summed E-state index contributed by atoms with van der Waals surface area (Å²) >= 11 is 1.32. The number of methoxy groups -OCH3 is 1. The molecule has 0 fully saturated rings.